The monoisotopic (exact) mass is 315 g/mol. The lowest BCUT2D eigenvalue weighted by atomic mass is 10.2. The third-order valence-corrected chi connectivity index (χ3v) is 3.69. The molecule has 0 radical (unpaired) electrons. The van der Waals surface area contributed by atoms with E-state index in [2.05, 4.69) is 5.32 Å². The van der Waals surface area contributed by atoms with Crippen molar-refractivity contribution in [2.24, 2.45) is 0 Å². The van der Waals surface area contributed by atoms with Gasteiger partial charge in [-0.3, -0.25) is 4.79 Å². The first-order valence-electron chi connectivity index (χ1n) is 7.63. The summed E-state index contributed by atoms with van der Waals surface area (Å²) in [6.45, 7) is 1.24. The highest BCUT2D eigenvalue weighted by atomic mass is 19.1. The van der Waals surface area contributed by atoms with Crippen molar-refractivity contribution < 1.29 is 18.7 Å². The van der Waals surface area contributed by atoms with Gasteiger partial charge in [0.15, 0.2) is 0 Å². The molecule has 1 aliphatic rings. The highest BCUT2D eigenvalue weighted by Crippen LogP contribution is 2.25. The van der Waals surface area contributed by atoms with E-state index in [1.807, 2.05) is 12.1 Å². The number of para-hydroxylation sites is 2. The maximum atomic E-state index is 12.9. The van der Waals surface area contributed by atoms with Gasteiger partial charge in [0.1, 0.15) is 18.2 Å². The first kappa shape index (κ1) is 15.5. The zero-order valence-electron chi connectivity index (χ0n) is 12.6. The molecule has 4 nitrogen and oxygen atoms in total. The first-order chi connectivity index (χ1) is 11.2. The summed E-state index contributed by atoms with van der Waals surface area (Å²) in [7, 11) is 0. The van der Waals surface area contributed by atoms with Crippen molar-refractivity contribution in [3.05, 3.63) is 59.9 Å². The van der Waals surface area contributed by atoms with Gasteiger partial charge in [-0.05, 0) is 49.2 Å². The summed E-state index contributed by atoms with van der Waals surface area (Å²) < 4.78 is 24.2. The number of carbonyl (C=O) groups excluding carboxylic acids is 1. The van der Waals surface area contributed by atoms with E-state index >= 15 is 0 Å². The van der Waals surface area contributed by atoms with Crippen molar-refractivity contribution in [3.63, 3.8) is 0 Å². The standard InChI is InChI=1S/C18H18FNO3/c19-14-9-7-13(8-10-14)18(21)20-16-5-1-2-6-17(16)23-12-15-4-3-11-22-15/h1-2,5-10,15H,3-4,11-12H2,(H,20,21)/t15-/m0/s1. The number of hydrogen-bond acceptors (Lipinski definition) is 3. The van der Waals surface area contributed by atoms with E-state index in [1.54, 1.807) is 12.1 Å². The molecule has 0 saturated carbocycles. The molecule has 2 aromatic rings. The molecule has 1 fully saturated rings. The van der Waals surface area contributed by atoms with Gasteiger partial charge in [-0.15, -0.1) is 0 Å². The number of halogens is 1. The van der Waals surface area contributed by atoms with Crippen LogP contribution >= 0.6 is 0 Å². The van der Waals surface area contributed by atoms with Crippen LogP contribution in [0.2, 0.25) is 0 Å². The van der Waals surface area contributed by atoms with Crippen molar-refractivity contribution in [1.82, 2.24) is 0 Å². The van der Waals surface area contributed by atoms with Crippen LogP contribution < -0.4 is 10.1 Å². The van der Waals surface area contributed by atoms with Crippen LogP contribution in [-0.2, 0) is 4.74 Å². The van der Waals surface area contributed by atoms with Gasteiger partial charge in [-0.2, -0.15) is 0 Å². The van der Waals surface area contributed by atoms with E-state index < -0.39 is 0 Å². The Morgan fingerprint density at radius 1 is 1.22 bits per heavy atom. The zero-order valence-corrected chi connectivity index (χ0v) is 12.6. The summed E-state index contributed by atoms with van der Waals surface area (Å²) in [5.41, 5.74) is 0.972. The lowest BCUT2D eigenvalue weighted by molar-refractivity contribution is 0.0682. The van der Waals surface area contributed by atoms with E-state index in [9.17, 15) is 9.18 Å². The summed E-state index contributed by atoms with van der Waals surface area (Å²) in [4.78, 5) is 12.2. The van der Waals surface area contributed by atoms with Crippen molar-refractivity contribution >= 4 is 11.6 Å². The molecule has 0 bridgehead atoms. The minimum atomic E-state index is -0.373. The van der Waals surface area contributed by atoms with Gasteiger partial charge < -0.3 is 14.8 Å². The Kier molecular flexibility index (Phi) is 4.88. The van der Waals surface area contributed by atoms with Gasteiger partial charge in [0.25, 0.3) is 5.91 Å². The van der Waals surface area contributed by atoms with E-state index in [-0.39, 0.29) is 17.8 Å². The highest BCUT2D eigenvalue weighted by molar-refractivity contribution is 6.04. The molecule has 0 spiro atoms. The van der Waals surface area contributed by atoms with Gasteiger partial charge in [-0.25, -0.2) is 4.39 Å². The van der Waals surface area contributed by atoms with Crippen LogP contribution in [0, 0.1) is 5.82 Å². The largest absolute Gasteiger partial charge is 0.489 e. The summed E-state index contributed by atoms with van der Waals surface area (Å²) in [6.07, 6.45) is 2.15. The number of ether oxygens (including phenoxy) is 2. The Morgan fingerprint density at radius 2 is 2.00 bits per heavy atom. The molecule has 1 amide bonds. The van der Waals surface area contributed by atoms with Crippen LogP contribution in [0.3, 0.4) is 0 Å². The number of anilines is 1. The maximum Gasteiger partial charge on any atom is 0.255 e. The molecule has 2 aromatic carbocycles. The van der Waals surface area contributed by atoms with Gasteiger partial charge in [0, 0.05) is 12.2 Å². The van der Waals surface area contributed by atoms with Crippen LogP contribution in [-0.4, -0.2) is 25.2 Å². The quantitative estimate of drug-likeness (QED) is 0.916. The predicted molar refractivity (Wildman–Crippen MR) is 85.3 cm³/mol. The molecule has 1 saturated heterocycles. The average Bonchev–Trinajstić information content (AvgIpc) is 3.08. The molecule has 0 aromatic heterocycles. The third-order valence-electron chi connectivity index (χ3n) is 3.69. The maximum absolute atomic E-state index is 12.9. The molecule has 23 heavy (non-hydrogen) atoms. The summed E-state index contributed by atoms with van der Waals surface area (Å²) in [6, 6.07) is 12.6. The van der Waals surface area contributed by atoms with Gasteiger partial charge >= 0.3 is 0 Å². The first-order valence-corrected chi connectivity index (χ1v) is 7.63. The Bertz CT molecular complexity index is 666. The van der Waals surface area contributed by atoms with Crippen LogP contribution in [0.25, 0.3) is 0 Å². The second-order valence-corrected chi connectivity index (χ2v) is 5.40. The number of carbonyl (C=O) groups is 1. The zero-order chi connectivity index (χ0) is 16.1. The molecular formula is C18H18FNO3. The molecule has 1 atom stereocenters. The van der Waals surface area contributed by atoms with Gasteiger partial charge in [0.2, 0.25) is 0 Å². The minimum Gasteiger partial charge on any atom is -0.489 e. The summed E-state index contributed by atoms with van der Waals surface area (Å²) >= 11 is 0. The van der Waals surface area contributed by atoms with Crippen LogP contribution in [0.4, 0.5) is 10.1 Å². The fraction of sp³-hybridized carbons (Fsp3) is 0.278. The fourth-order valence-corrected chi connectivity index (χ4v) is 2.45. The second-order valence-electron chi connectivity index (χ2n) is 5.40. The van der Waals surface area contributed by atoms with E-state index in [0.717, 1.165) is 19.4 Å². The molecular weight excluding hydrogens is 297 g/mol. The number of hydrogen-bond donors (Lipinski definition) is 1. The average molecular weight is 315 g/mol. The van der Waals surface area contributed by atoms with Crippen LogP contribution in [0.15, 0.2) is 48.5 Å². The Labute approximate surface area is 134 Å². The second kappa shape index (κ2) is 7.24. The number of rotatable bonds is 5. The normalized spacial score (nSPS) is 17.0. The molecule has 0 unspecified atom stereocenters. The fourth-order valence-electron chi connectivity index (χ4n) is 2.45. The minimum absolute atomic E-state index is 0.107. The van der Waals surface area contributed by atoms with Crippen molar-refractivity contribution in [2.75, 3.05) is 18.5 Å². The summed E-state index contributed by atoms with van der Waals surface area (Å²) in [5, 5.41) is 2.79. The van der Waals surface area contributed by atoms with Crippen molar-refractivity contribution in [2.45, 2.75) is 18.9 Å². The van der Waals surface area contributed by atoms with Gasteiger partial charge in [-0.1, -0.05) is 12.1 Å². The van der Waals surface area contributed by atoms with E-state index in [0.29, 0.717) is 23.6 Å². The summed E-state index contributed by atoms with van der Waals surface area (Å²) in [5.74, 6) is -0.0847. The van der Waals surface area contributed by atoms with Crippen LogP contribution in [0.1, 0.15) is 23.2 Å². The molecule has 0 aliphatic carbocycles. The lowest BCUT2D eigenvalue weighted by Gasteiger charge is -2.15. The molecule has 120 valence electrons. The number of amides is 1. The Hall–Kier alpha value is -2.40. The Balaban J connectivity index is 1.67. The van der Waals surface area contributed by atoms with E-state index in [4.69, 9.17) is 9.47 Å². The highest BCUT2D eigenvalue weighted by Gasteiger charge is 2.17. The third kappa shape index (κ3) is 4.07. The smallest absolute Gasteiger partial charge is 0.255 e. The molecule has 1 heterocycles. The molecule has 1 N–H and O–H groups in total. The lowest BCUT2D eigenvalue weighted by Crippen LogP contribution is -2.18. The number of benzene rings is 2. The topological polar surface area (TPSA) is 47.6 Å². The van der Waals surface area contributed by atoms with E-state index in [1.165, 1.54) is 24.3 Å². The SMILES string of the molecule is O=C(Nc1ccccc1OC[C@@H]1CCCO1)c1ccc(F)cc1. The van der Waals surface area contributed by atoms with Gasteiger partial charge in [0.05, 0.1) is 11.8 Å². The predicted octanol–water partition coefficient (Wildman–Crippen LogP) is 3.64. The Morgan fingerprint density at radius 3 is 2.74 bits per heavy atom. The van der Waals surface area contributed by atoms with Crippen LogP contribution in [0.5, 0.6) is 5.75 Å². The molecule has 1 aliphatic heterocycles. The molecule has 5 heteroatoms. The number of nitrogens with one attached hydrogen (secondary N) is 1. The van der Waals surface area contributed by atoms with Crippen molar-refractivity contribution in [3.8, 4) is 5.75 Å². The van der Waals surface area contributed by atoms with Crippen molar-refractivity contribution in [1.29, 1.82) is 0 Å². The molecule has 3 rings (SSSR count).